The molecule has 0 radical (unpaired) electrons. The molecule has 0 aliphatic carbocycles. The van der Waals surface area contributed by atoms with Crippen LogP contribution in [0.1, 0.15) is 5.56 Å². The predicted octanol–water partition coefficient (Wildman–Crippen LogP) is 0.466. The Morgan fingerprint density at radius 3 is 2.52 bits per heavy atom. The molecule has 3 N–H and O–H groups in total. The van der Waals surface area contributed by atoms with E-state index in [4.69, 9.17) is 9.47 Å². The molecule has 2 heterocycles. The van der Waals surface area contributed by atoms with Gasteiger partial charge in [-0.05, 0) is 24.3 Å². The Morgan fingerprint density at radius 2 is 1.70 bits per heavy atom. The minimum atomic E-state index is -3.86. The average molecular weight is 389 g/mol. The first kappa shape index (κ1) is 17.3. The molecular formula is C17H15N3O6S. The normalized spacial score (nSPS) is 13.6. The van der Waals surface area contributed by atoms with E-state index in [1.807, 2.05) is 0 Å². The molecule has 10 heteroatoms. The van der Waals surface area contributed by atoms with Crippen LogP contribution in [0.4, 0.5) is 0 Å². The summed E-state index contributed by atoms with van der Waals surface area (Å²) >= 11 is 0. The van der Waals surface area contributed by atoms with Gasteiger partial charge in [0.15, 0.2) is 11.5 Å². The average Bonchev–Trinajstić information content (AvgIpc) is 2.67. The third kappa shape index (κ3) is 3.32. The third-order valence-electron chi connectivity index (χ3n) is 4.10. The Hall–Kier alpha value is -3.11. The monoisotopic (exact) mass is 389 g/mol. The molecule has 9 nitrogen and oxygen atoms in total. The zero-order valence-electron chi connectivity index (χ0n) is 13.9. The molecule has 0 atom stereocenters. The molecule has 1 aliphatic rings. The fourth-order valence-electron chi connectivity index (χ4n) is 2.79. The summed E-state index contributed by atoms with van der Waals surface area (Å²) in [5, 5.41) is 0. The van der Waals surface area contributed by atoms with E-state index in [1.165, 1.54) is 18.2 Å². The fraction of sp³-hybridized carbons (Fsp3) is 0.176. The van der Waals surface area contributed by atoms with E-state index in [1.54, 1.807) is 18.2 Å². The number of rotatable bonds is 4. The first-order valence-electron chi connectivity index (χ1n) is 8.07. The number of nitrogens with one attached hydrogen (secondary N) is 3. The van der Waals surface area contributed by atoms with Gasteiger partial charge in [-0.25, -0.2) is 13.1 Å². The van der Waals surface area contributed by atoms with E-state index in [9.17, 15) is 18.0 Å². The zero-order chi connectivity index (χ0) is 19.0. The molecule has 0 unspecified atom stereocenters. The van der Waals surface area contributed by atoms with Crippen molar-refractivity contribution in [2.45, 2.75) is 11.4 Å². The van der Waals surface area contributed by atoms with E-state index in [2.05, 4.69) is 14.7 Å². The van der Waals surface area contributed by atoms with Gasteiger partial charge in [-0.1, -0.05) is 12.1 Å². The van der Waals surface area contributed by atoms with Gasteiger partial charge in [-0.15, -0.1) is 0 Å². The summed E-state index contributed by atoms with van der Waals surface area (Å²) in [4.78, 5) is 27.5. The number of para-hydroxylation sites is 1. The van der Waals surface area contributed by atoms with Crippen LogP contribution in [-0.2, 0) is 16.6 Å². The first-order valence-corrected chi connectivity index (χ1v) is 9.56. The van der Waals surface area contributed by atoms with Crippen molar-refractivity contribution in [1.82, 2.24) is 14.7 Å². The SMILES string of the molecule is O=c1[nH]c2ccc(S(=O)(=O)NCc3cccc4c3OCCO4)cc2[nH]c1=O. The highest BCUT2D eigenvalue weighted by Crippen LogP contribution is 2.33. The van der Waals surface area contributed by atoms with Gasteiger partial charge in [0.1, 0.15) is 13.2 Å². The Labute approximate surface area is 153 Å². The van der Waals surface area contributed by atoms with Crippen molar-refractivity contribution in [3.8, 4) is 11.5 Å². The number of aromatic nitrogens is 2. The van der Waals surface area contributed by atoms with Crippen LogP contribution in [0.5, 0.6) is 11.5 Å². The number of H-pyrrole nitrogens is 2. The van der Waals surface area contributed by atoms with Gasteiger partial charge in [-0.2, -0.15) is 0 Å². The first-order chi connectivity index (χ1) is 12.9. The maximum absolute atomic E-state index is 12.6. The zero-order valence-corrected chi connectivity index (χ0v) is 14.8. The van der Waals surface area contributed by atoms with E-state index in [0.29, 0.717) is 35.8 Å². The third-order valence-corrected chi connectivity index (χ3v) is 5.50. The van der Waals surface area contributed by atoms with Crippen LogP contribution >= 0.6 is 0 Å². The molecule has 0 saturated carbocycles. The summed E-state index contributed by atoms with van der Waals surface area (Å²) in [5.74, 6) is 1.09. The maximum atomic E-state index is 12.6. The van der Waals surface area contributed by atoms with Crippen molar-refractivity contribution >= 4 is 21.1 Å². The summed E-state index contributed by atoms with van der Waals surface area (Å²) in [6.07, 6.45) is 0. The van der Waals surface area contributed by atoms with E-state index in [0.717, 1.165) is 0 Å². The summed E-state index contributed by atoms with van der Waals surface area (Å²) < 4.78 is 38.8. The highest BCUT2D eigenvalue weighted by atomic mass is 32.2. The van der Waals surface area contributed by atoms with Crippen LogP contribution in [-0.4, -0.2) is 31.6 Å². The van der Waals surface area contributed by atoms with E-state index >= 15 is 0 Å². The van der Waals surface area contributed by atoms with Gasteiger partial charge < -0.3 is 19.4 Å². The number of sulfonamides is 1. The van der Waals surface area contributed by atoms with E-state index < -0.39 is 21.1 Å². The Balaban J connectivity index is 1.63. The van der Waals surface area contributed by atoms with Crippen molar-refractivity contribution in [2.24, 2.45) is 0 Å². The van der Waals surface area contributed by atoms with Crippen LogP contribution in [0.3, 0.4) is 0 Å². The van der Waals surface area contributed by atoms with Crippen LogP contribution in [0.15, 0.2) is 50.9 Å². The topological polar surface area (TPSA) is 130 Å². The molecule has 0 amide bonds. The molecule has 27 heavy (non-hydrogen) atoms. The van der Waals surface area contributed by atoms with E-state index in [-0.39, 0.29) is 17.0 Å². The number of fused-ring (bicyclic) bond motifs is 2. The van der Waals surface area contributed by atoms with Crippen LogP contribution in [0.25, 0.3) is 11.0 Å². The molecule has 3 aromatic rings. The number of hydrogen-bond donors (Lipinski definition) is 3. The lowest BCUT2D eigenvalue weighted by molar-refractivity contribution is 0.170. The summed E-state index contributed by atoms with van der Waals surface area (Å²) in [5.41, 5.74) is -0.447. The van der Waals surface area contributed by atoms with Gasteiger partial charge in [0.05, 0.1) is 15.9 Å². The van der Waals surface area contributed by atoms with Crippen molar-refractivity contribution in [1.29, 1.82) is 0 Å². The highest BCUT2D eigenvalue weighted by molar-refractivity contribution is 7.89. The van der Waals surface area contributed by atoms with Crippen molar-refractivity contribution in [2.75, 3.05) is 13.2 Å². The fourth-order valence-corrected chi connectivity index (χ4v) is 3.82. The van der Waals surface area contributed by atoms with Gasteiger partial charge in [0.25, 0.3) is 0 Å². The highest BCUT2D eigenvalue weighted by Gasteiger charge is 2.19. The minimum absolute atomic E-state index is 0.00897. The number of aromatic amines is 2. The van der Waals surface area contributed by atoms with Crippen LogP contribution in [0, 0.1) is 0 Å². The number of benzene rings is 2. The minimum Gasteiger partial charge on any atom is -0.486 e. The molecule has 2 aromatic carbocycles. The van der Waals surface area contributed by atoms with Gasteiger partial charge in [-0.3, -0.25) is 9.59 Å². The number of hydrogen-bond acceptors (Lipinski definition) is 6. The predicted molar refractivity (Wildman–Crippen MR) is 96.6 cm³/mol. The standard InChI is InChI=1S/C17H15N3O6S/c21-16-17(22)20-13-8-11(4-5-12(13)19-16)27(23,24)18-9-10-2-1-3-14-15(10)26-7-6-25-14/h1-5,8,18H,6-7,9H2,(H,19,21)(H,20,22). The Morgan fingerprint density at radius 1 is 0.963 bits per heavy atom. The lowest BCUT2D eigenvalue weighted by atomic mass is 10.2. The molecule has 4 rings (SSSR count). The second kappa shape index (κ2) is 6.56. The molecule has 140 valence electrons. The smallest absolute Gasteiger partial charge is 0.314 e. The van der Waals surface area contributed by atoms with Crippen molar-refractivity contribution in [3.63, 3.8) is 0 Å². The van der Waals surface area contributed by atoms with Crippen LogP contribution in [0.2, 0.25) is 0 Å². The van der Waals surface area contributed by atoms with Gasteiger partial charge >= 0.3 is 11.1 Å². The second-order valence-corrected chi connectivity index (χ2v) is 7.65. The quantitative estimate of drug-likeness (QED) is 0.556. The van der Waals surface area contributed by atoms with Crippen molar-refractivity contribution in [3.05, 3.63) is 62.7 Å². The van der Waals surface area contributed by atoms with Crippen molar-refractivity contribution < 1.29 is 17.9 Å². The molecular weight excluding hydrogens is 374 g/mol. The summed E-state index contributed by atoms with van der Waals surface area (Å²) in [6, 6.07) is 9.32. The molecule has 1 aliphatic heterocycles. The maximum Gasteiger partial charge on any atom is 0.314 e. The van der Waals surface area contributed by atoms with Gasteiger partial charge in [0, 0.05) is 12.1 Å². The summed E-state index contributed by atoms with van der Waals surface area (Å²) in [7, 11) is -3.86. The molecule has 0 spiro atoms. The molecule has 0 bridgehead atoms. The Kier molecular flexibility index (Phi) is 4.21. The molecule has 1 aromatic heterocycles. The van der Waals surface area contributed by atoms with Crippen LogP contribution < -0.4 is 25.3 Å². The molecule has 0 fully saturated rings. The van der Waals surface area contributed by atoms with Gasteiger partial charge in [0.2, 0.25) is 10.0 Å². The summed E-state index contributed by atoms with van der Waals surface area (Å²) in [6.45, 7) is 0.849. The lowest BCUT2D eigenvalue weighted by Crippen LogP contribution is -2.29. The second-order valence-electron chi connectivity index (χ2n) is 5.88. The lowest BCUT2D eigenvalue weighted by Gasteiger charge is -2.21. The Bertz CT molecular complexity index is 1250. The largest absolute Gasteiger partial charge is 0.486 e. The molecule has 0 saturated heterocycles. The number of ether oxygens (including phenoxy) is 2.